The van der Waals surface area contributed by atoms with Gasteiger partial charge < -0.3 is 19.5 Å². The summed E-state index contributed by atoms with van der Waals surface area (Å²) in [6.45, 7) is 0.256. The number of anilines is 1. The van der Waals surface area contributed by atoms with E-state index in [1.807, 2.05) is 30.3 Å². The molecule has 1 aliphatic rings. The number of ether oxygens (including phenoxy) is 3. The maximum Gasteiger partial charge on any atom is 0.409 e. The highest BCUT2D eigenvalue weighted by Crippen LogP contribution is 2.33. The molecule has 0 aromatic heterocycles. The van der Waals surface area contributed by atoms with Crippen LogP contribution < -0.4 is 10.1 Å². The van der Waals surface area contributed by atoms with E-state index in [0.717, 1.165) is 5.56 Å². The van der Waals surface area contributed by atoms with Crippen LogP contribution in [0.25, 0.3) is 0 Å². The molecule has 0 saturated heterocycles. The van der Waals surface area contributed by atoms with Crippen molar-refractivity contribution in [3.05, 3.63) is 60.2 Å². The van der Waals surface area contributed by atoms with Crippen LogP contribution in [0.2, 0.25) is 0 Å². The second kappa shape index (κ2) is 9.17. The zero-order valence-corrected chi connectivity index (χ0v) is 16.1. The monoisotopic (exact) mass is 408 g/mol. The van der Waals surface area contributed by atoms with Crippen LogP contribution in [0.5, 0.6) is 5.75 Å². The summed E-state index contributed by atoms with van der Waals surface area (Å²) >= 11 is 0. The Kier molecular flexibility index (Phi) is 6.64. The van der Waals surface area contributed by atoms with Gasteiger partial charge in [0.25, 0.3) is 0 Å². The maximum atomic E-state index is 13.6. The van der Waals surface area contributed by atoms with E-state index in [4.69, 9.17) is 14.2 Å². The van der Waals surface area contributed by atoms with Gasteiger partial charge in [0, 0.05) is 12.8 Å². The van der Waals surface area contributed by atoms with Gasteiger partial charge in [-0.15, -0.1) is 0 Å². The van der Waals surface area contributed by atoms with Crippen molar-refractivity contribution in [2.75, 3.05) is 26.1 Å². The molecular formula is C21H23F3N2O3. The Hall–Kier alpha value is -2.74. The minimum atomic E-state index is -4.48. The van der Waals surface area contributed by atoms with Gasteiger partial charge in [0.05, 0.1) is 20.1 Å². The Bertz CT molecular complexity index is 810. The van der Waals surface area contributed by atoms with Crippen molar-refractivity contribution in [1.29, 1.82) is 0 Å². The van der Waals surface area contributed by atoms with E-state index in [9.17, 15) is 13.2 Å². The number of nitrogens with zero attached hydrogens (tertiary/aromatic N) is 1. The molecule has 2 aromatic rings. The van der Waals surface area contributed by atoms with Crippen molar-refractivity contribution in [2.45, 2.75) is 30.8 Å². The second-order valence-corrected chi connectivity index (χ2v) is 6.67. The topological polar surface area (TPSA) is 52.1 Å². The molecule has 29 heavy (non-hydrogen) atoms. The Balaban J connectivity index is 1.75. The fourth-order valence-electron chi connectivity index (χ4n) is 3.15. The average molecular weight is 408 g/mol. The van der Waals surface area contributed by atoms with Gasteiger partial charge in [-0.25, -0.2) is 4.99 Å². The van der Waals surface area contributed by atoms with E-state index in [1.165, 1.54) is 26.4 Å². The minimum absolute atomic E-state index is 0.0595. The minimum Gasteiger partial charge on any atom is -0.497 e. The number of halogens is 3. The van der Waals surface area contributed by atoms with Crippen LogP contribution in [-0.4, -0.2) is 45.0 Å². The molecule has 2 aromatic carbocycles. The lowest BCUT2D eigenvalue weighted by atomic mass is 10.0. The smallest absolute Gasteiger partial charge is 0.409 e. The first-order chi connectivity index (χ1) is 13.9. The molecule has 0 amide bonds. The first-order valence-corrected chi connectivity index (χ1v) is 9.15. The van der Waals surface area contributed by atoms with Crippen LogP contribution in [0.3, 0.4) is 0 Å². The normalized spacial score (nSPS) is 20.0. The van der Waals surface area contributed by atoms with E-state index < -0.39 is 30.8 Å². The van der Waals surface area contributed by atoms with Crippen LogP contribution in [-0.2, 0) is 9.47 Å². The molecule has 1 heterocycles. The molecule has 0 spiro atoms. The molecule has 0 fully saturated rings. The van der Waals surface area contributed by atoms with Crippen LogP contribution >= 0.6 is 0 Å². The van der Waals surface area contributed by atoms with E-state index in [-0.39, 0.29) is 12.5 Å². The number of nitrogens with one attached hydrogen (secondary N) is 1. The number of hydrogen-bond donors (Lipinski definition) is 1. The SMILES string of the molecule is COC[C@@H]1N=C(C[C@@H](Nc2ccc(OC)cc2)C(F)(F)F)O[C@H]1c1ccccc1. The number of benzene rings is 2. The third-order valence-corrected chi connectivity index (χ3v) is 4.59. The van der Waals surface area contributed by atoms with Crippen LogP contribution in [0.1, 0.15) is 18.1 Å². The second-order valence-electron chi connectivity index (χ2n) is 6.67. The van der Waals surface area contributed by atoms with Crippen molar-refractivity contribution < 1.29 is 27.4 Å². The molecule has 156 valence electrons. The number of methoxy groups -OCH3 is 2. The highest BCUT2D eigenvalue weighted by atomic mass is 19.4. The fraction of sp³-hybridized carbons (Fsp3) is 0.381. The summed E-state index contributed by atoms with van der Waals surface area (Å²) in [6, 6.07) is 13.3. The van der Waals surface area contributed by atoms with E-state index in [2.05, 4.69) is 10.3 Å². The Labute approximate surface area is 167 Å². The first kappa shape index (κ1) is 21.0. The molecule has 0 aliphatic carbocycles. The van der Waals surface area contributed by atoms with Gasteiger partial charge in [0.15, 0.2) is 5.90 Å². The van der Waals surface area contributed by atoms with E-state index in [0.29, 0.717) is 11.4 Å². The molecule has 0 radical (unpaired) electrons. The van der Waals surface area contributed by atoms with Crippen LogP contribution in [0.15, 0.2) is 59.6 Å². The summed E-state index contributed by atoms with van der Waals surface area (Å²) in [7, 11) is 3.02. The summed E-state index contributed by atoms with van der Waals surface area (Å²) in [5, 5.41) is 2.53. The van der Waals surface area contributed by atoms with Gasteiger partial charge in [-0.2, -0.15) is 13.2 Å². The third kappa shape index (κ3) is 5.41. The zero-order chi connectivity index (χ0) is 20.9. The predicted octanol–water partition coefficient (Wildman–Crippen LogP) is 4.61. The number of hydrogen-bond acceptors (Lipinski definition) is 5. The molecule has 0 saturated carbocycles. The molecule has 3 atom stereocenters. The highest BCUT2D eigenvalue weighted by molar-refractivity contribution is 5.79. The molecule has 1 N–H and O–H groups in total. The summed E-state index contributed by atoms with van der Waals surface area (Å²) in [5.74, 6) is 0.625. The van der Waals surface area contributed by atoms with E-state index >= 15 is 0 Å². The molecule has 5 nitrogen and oxygen atoms in total. The Morgan fingerprint density at radius 2 is 1.76 bits per heavy atom. The fourth-order valence-corrected chi connectivity index (χ4v) is 3.15. The predicted molar refractivity (Wildman–Crippen MR) is 104 cm³/mol. The molecule has 0 unspecified atom stereocenters. The van der Waals surface area contributed by atoms with Crippen molar-refractivity contribution in [2.24, 2.45) is 4.99 Å². The molecule has 8 heteroatoms. The van der Waals surface area contributed by atoms with Gasteiger partial charge in [0.2, 0.25) is 0 Å². The number of aliphatic imine (C=N–C) groups is 1. The van der Waals surface area contributed by atoms with Crippen molar-refractivity contribution in [1.82, 2.24) is 0 Å². The van der Waals surface area contributed by atoms with Gasteiger partial charge in [-0.05, 0) is 29.8 Å². The van der Waals surface area contributed by atoms with Gasteiger partial charge in [-0.1, -0.05) is 30.3 Å². The summed E-state index contributed by atoms with van der Waals surface area (Å²) in [4.78, 5) is 4.37. The lowest BCUT2D eigenvalue weighted by molar-refractivity contribution is -0.141. The highest BCUT2D eigenvalue weighted by Gasteiger charge is 2.43. The van der Waals surface area contributed by atoms with Crippen LogP contribution in [0.4, 0.5) is 18.9 Å². The van der Waals surface area contributed by atoms with Crippen LogP contribution in [0, 0.1) is 0 Å². The molecule has 0 bridgehead atoms. The maximum absolute atomic E-state index is 13.6. The van der Waals surface area contributed by atoms with Gasteiger partial charge in [0.1, 0.15) is 23.9 Å². The van der Waals surface area contributed by atoms with Crippen molar-refractivity contribution in [3.8, 4) is 5.75 Å². The third-order valence-electron chi connectivity index (χ3n) is 4.59. The lowest BCUT2D eigenvalue weighted by Crippen LogP contribution is -2.38. The largest absolute Gasteiger partial charge is 0.497 e. The van der Waals surface area contributed by atoms with Gasteiger partial charge >= 0.3 is 6.18 Å². The van der Waals surface area contributed by atoms with Crippen molar-refractivity contribution >= 4 is 11.6 Å². The molecular weight excluding hydrogens is 385 g/mol. The molecule has 1 aliphatic heterocycles. The Morgan fingerprint density at radius 3 is 2.34 bits per heavy atom. The standard InChI is InChI=1S/C21H23F3N2O3/c1-27-13-17-20(14-6-4-3-5-7-14)29-19(26-17)12-18(21(22,23)24)25-15-8-10-16(28-2)11-9-15/h3-11,17-18,20,25H,12-13H2,1-2H3/t17-,18+,20-/m0/s1. The van der Waals surface area contributed by atoms with Gasteiger partial charge in [-0.3, -0.25) is 0 Å². The quantitative estimate of drug-likeness (QED) is 0.693. The first-order valence-electron chi connectivity index (χ1n) is 9.15. The molecule has 3 rings (SSSR count). The zero-order valence-electron chi connectivity index (χ0n) is 16.1. The number of alkyl halides is 3. The average Bonchev–Trinajstić information content (AvgIpc) is 3.11. The Morgan fingerprint density at radius 1 is 1.07 bits per heavy atom. The van der Waals surface area contributed by atoms with Crippen molar-refractivity contribution in [3.63, 3.8) is 0 Å². The summed E-state index contributed by atoms with van der Waals surface area (Å²) < 4.78 is 57.0. The van der Waals surface area contributed by atoms with E-state index in [1.54, 1.807) is 12.1 Å². The summed E-state index contributed by atoms with van der Waals surface area (Å²) in [5.41, 5.74) is 1.18. The number of rotatable bonds is 8. The summed E-state index contributed by atoms with van der Waals surface area (Å²) in [6.07, 6.45) is -5.37. The lowest BCUT2D eigenvalue weighted by Gasteiger charge is -2.23.